The Morgan fingerprint density at radius 1 is 0.721 bits per heavy atom. The number of rotatable bonds is 14. The van der Waals surface area contributed by atoms with Crippen molar-refractivity contribution in [2.45, 2.75) is 52.6 Å². The summed E-state index contributed by atoms with van der Waals surface area (Å²) < 4.78 is 0. The number of H-pyrrole nitrogens is 2. The number of nitrogens with one attached hydrogen (secondary N) is 2. The van der Waals surface area contributed by atoms with E-state index in [2.05, 4.69) is 99.2 Å². The largest absolute Gasteiger partial charge is 0.341 e. The molecule has 8 nitrogen and oxygen atoms in total. The molecule has 0 saturated carbocycles. The molecule has 0 saturated heterocycles. The highest BCUT2D eigenvalue weighted by molar-refractivity contribution is 5.76. The minimum atomic E-state index is 0.131. The maximum Gasteiger partial charge on any atom is 0.223 e. The van der Waals surface area contributed by atoms with Crippen LogP contribution in [0.1, 0.15) is 50.3 Å². The number of hydrogen-bond acceptors (Lipinski definition) is 5. The van der Waals surface area contributed by atoms with Crippen LogP contribution in [0.3, 0.4) is 0 Å². The summed E-state index contributed by atoms with van der Waals surface area (Å²) in [5, 5.41) is 0. The van der Waals surface area contributed by atoms with Gasteiger partial charge in [-0.15, -0.1) is 0 Å². The first-order valence-electron chi connectivity index (χ1n) is 15.2. The van der Waals surface area contributed by atoms with Crippen molar-refractivity contribution in [3.63, 3.8) is 0 Å². The third kappa shape index (κ3) is 8.05. The van der Waals surface area contributed by atoms with Gasteiger partial charge in [-0.05, 0) is 66.7 Å². The summed E-state index contributed by atoms with van der Waals surface area (Å²) in [5.41, 5.74) is 7.53. The first-order valence-corrected chi connectivity index (χ1v) is 15.2. The van der Waals surface area contributed by atoms with Crippen LogP contribution in [0.2, 0.25) is 0 Å². The van der Waals surface area contributed by atoms with Crippen molar-refractivity contribution in [2.75, 3.05) is 20.1 Å². The lowest BCUT2D eigenvalue weighted by Crippen LogP contribution is -2.31. The molecule has 0 radical (unpaired) electrons. The zero-order valence-corrected chi connectivity index (χ0v) is 25.4. The molecule has 8 heteroatoms. The topological polar surface area (TPSA) is 93.8 Å². The molecule has 0 fully saturated rings. The van der Waals surface area contributed by atoms with Gasteiger partial charge in [0, 0.05) is 25.4 Å². The second-order valence-electron chi connectivity index (χ2n) is 11.1. The van der Waals surface area contributed by atoms with Crippen LogP contribution in [0.4, 0.5) is 0 Å². The minimum Gasteiger partial charge on any atom is -0.341 e. The maximum absolute atomic E-state index is 13.0. The molecule has 0 bridgehead atoms. The molecule has 5 rings (SSSR count). The average Bonchev–Trinajstić information content (AvgIpc) is 3.70. The maximum atomic E-state index is 13.0. The van der Waals surface area contributed by atoms with Crippen LogP contribution >= 0.6 is 0 Å². The molecular formula is C35H41N7O. The van der Waals surface area contributed by atoms with Gasteiger partial charge in [-0.3, -0.25) is 14.7 Å². The molecule has 0 aliphatic rings. The summed E-state index contributed by atoms with van der Waals surface area (Å²) in [6.45, 7) is 7.32. The molecule has 222 valence electrons. The van der Waals surface area contributed by atoms with Gasteiger partial charge in [-0.2, -0.15) is 0 Å². The highest BCUT2D eigenvalue weighted by Gasteiger charge is 2.16. The Morgan fingerprint density at radius 2 is 1.28 bits per heavy atom. The molecule has 2 N–H and O–H groups in total. The van der Waals surface area contributed by atoms with Gasteiger partial charge >= 0.3 is 0 Å². The van der Waals surface area contributed by atoms with Crippen molar-refractivity contribution < 1.29 is 4.79 Å². The molecule has 5 aromatic rings. The number of amides is 1. The molecule has 0 aliphatic carbocycles. The van der Waals surface area contributed by atoms with Gasteiger partial charge in [0.25, 0.3) is 0 Å². The summed E-state index contributed by atoms with van der Waals surface area (Å²) in [6.07, 6.45) is 10.5. The van der Waals surface area contributed by atoms with Crippen LogP contribution in [0.5, 0.6) is 0 Å². The number of aryl methyl sites for hydroxylation is 1. The van der Waals surface area contributed by atoms with E-state index in [1.807, 2.05) is 35.6 Å². The zero-order valence-electron chi connectivity index (χ0n) is 25.4. The van der Waals surface area contributed by atoms with Crippen molar-refractivity contribution >= 4 is 5.91 Å². The van der Waals surface area contributed by atoms with E-state index in [1.54, 1.807) is 6.20 Å². The monoisotopic (exact) mass is 575 g/mol. The number of aromatic amines is 2. The summed E-state index contributed by atoms with van der Waals surface area (Å²) in [5.74, 6) is 1.90. The van der Waals surface area contributed by atoms with Gasteiger partial charge in [0.05, 0.1) is 36.9 Å². The normalized spacial score (nSPS) is 11.3. The summed E-state index contributed by atoms with van der Waals surface area (Å²) >= 11 is 0. The van der Waals surface area contributed by atoms with E-state index >= 15 is 0 Å². The Labute approximate surface area is 254 Å². The molecule has 0 unspecified atom stereocenters. The first kappa shape index (κ1) is 29.9. The van der Waals surface area contributed by atoms with Crippen LogP contribution in [-0.2, 0) is 24.3 Å². The average molecular weight is 576 g/mol. The van der Waals surface area contributed by atoms with Crippen LogP contribution in [-0.4, -0.2) is 60.8 Å². The fourth-order valence-electron chi connectivity index (χ4n) is 5.28. The van der Waals surface area contributed by atoms with Gasteiger partial charge in [-0.25, -0.2) is 9.97 Å². The molecular weight excluding hydrogens is 534 g/mol. The number of benzene rings is 2. The summed E-state index contributed by atoms with van der Waals surface area (Å²) in [4.78, 5) is 37.3. The van der Waals surface area contributed by atoms with Crippen molar-refractivity contribution in [2.24, 2.45) is 0 Å². The van der Waals surface area contributed by atoms with E-state index in [4.69, 9.17) is 0 Å². The van der Waals surface area contributed by atoms with E-state index in [-0.39, 0.29) is 5.91 Å². The number of pyridine rings is 1. The molecule has 0 spiro atoms. The molecule has 1 amide bonds. The zero-order chi connectivity index (χ0) is 30.0. The Kier molecular flexibility index (Phi) is 10.1. The van der Waals surface area contributed by atoms with Crippen LogP contribution in [0, 0.1) is 0 Å². The SMILES string of the molecule is CCCN(C)Cc1ncc(-c2ccc(-c3ccc(-c4cnc(CN(CCC)C(=O)CCc5cccnc5)[nH]4)cc3)cc2)[nH]1. The molecule has 3 heterocycles. The quantitative estimate of drug-likeness (QED) is 0.153. The molecule has 43 heavy (non-hydrogen) atoms. The second-order valence-corrected chi connectivity index (χ2v) is 11.1. The predicted octanol–water partition coefficient (Wildman–Crippen LogP) is 6.74. The Balaban J connectivity index is 1.19. The van der Waals surface area contributed by atoms with E-state index < -0.39 is 0 Å². The number of carbonyl (C=O) groups is 1. The lowest BCUT2D eigenvalue weighted by Gasteiger charge is -2.21. The van der Waals surface area contributed by atoms with Gasteiger partial charge < -0.3 is 14.9 Å². The molecule has 0 aliphatic heterocycles. The Bertz CT molecular complexity index is 1570. The van der Waals surface area contributed by atoms with E-state index in [0.29, 0.717) is 25.9 Å². The highest BCUT2D eigenvalue weighted by Crippen LogP contribution is 2.27. The Hall–Kier alpha value is -4.56. The van der Waals surface area contributed by atoms with E-state index in [1.165, 1.54) is 0 Å². The first-order chi connectivity index (χ1) is 21.0. The third-order valence-corrected chi connectivity index (χ3v) is 7.54. The van der Waals surface area contributed by atoms with Crippen molar-refractivity contribution in [1.82, 2.24) is 34.7 Å². The highest BCUT2D eigenvalue weighted by atomic mass is 16.2. The van der Waals surface area contributed by atoms with Crippen LogP contribution in [0.25, 0.3) is 33.6 Å². The number of carbonyl (C=O) groups excluding carboxylic acids is 1. The summed E-state index contributed by atoms with van der Waals surface area (Å²) in [7, 11) is 2.12. The lowest BCUT2D eigenvalue weighted by molar-refractivity contribution is -0.131. The van der Waals surface area contributed by atoms with Crippen molar-refractivity contribution in [1.29, 1.82) is 0 Å². The molecule has 3 aromatic heterocycles. The van der Waals surface area contributed by atoms with Crippen LogP contribution in [0.15, 0.2) is 85.5 Å². The fourth-order valence-corrected chi connectivity index (χ4v) is 5.28. The number of imidazole rings is 2. The van der Waals surface area contributed by atoms with Crippen LogP contribution < -0.4 is 0 Å². The van der Waals surface area contributed by atoms with E-state index in [9.17, 15) is 4.79 Å². The van der Waals surface area contributed by atoms with Crippen molar-refractivity contribution in [3.05, 3.63) is 103 Å². The summed E-state index contributed by atoms with van der Waals surface area (Å²) in [6, 6.07) is 21.0. The van der Waals surface area contributed by atoms with E-state index in [0.717, 1.165) is 76.8 Å². The third-order valence-electron chi connectivity index (χ3n) is 7.54. The number of nitrogens with zero attached hydrogens (tertiary/aromatic N) is 5. The van der Waals surface area contributed by atoms with Crippen molar-refractivity contribution in [3.8, 4) is 33.6 Å². The number of aromatic nitrogens is 5. The second kappa shape index (κ2) is 14.6. The predicted molar refractivity (Wildman–Crippen MR) is 172 cm³/mol. The van der Waals surface area contributed by atoms with Gasteiger partial charge in [0.1, 0.15) is 11.6 Å². The smallest absolute Gasteiger partial charge is 0.223 e. The van der Waals surface area contributed by atoms with Gasteiger partial charge in [-0.1, -0.05) is 68.4 Å². The lowest BCUT2D eigenvalue weighted by atomic mass is 10.0. The number of hydrogen-bond donors (Lipinski definition) is 2. The minimum absolute atomic E-state index is 0.131. The van der Waals surface area contributed by atoms with Gasteiger partial charge in [0.2, 0.25) is 5.91 Å². The fraction of sp³-hybridized carbons (Fsp3) is 0.314. The molecule has 0 atom stereocenters. The standard InChI is InChI=1S/C35H41N7O/c1-4-19-41(3)24-33-37-22-31(39-33)29-13-9-27(10-14-29)28-11-15-30(16-12-28)32-23-38-34(40-32)25-42(20-5-2)35(43)17-8-26-7-6-18-36-21-26/h6-7,9-16,18,21-23H,4-5,8,17,19-20,24-25H2,1-3H3,(H,37,39)(H,38,40). The molecule has 2 aromatic carbocycles. The van der Waals surface area contributed by atoms with Gasteiger partial charge in [0.15, 0.2) is 0 Å². The Morgan fingerprint density at radius 3 is 1.81 bits per heavy atom.